The van der Waals surface area contributed by atoms with E-state index >= 15 is 0 Å². The Morgan fingerprint density at radius 2 is 1.86 bits per heavy atom. The Hall–Kier alpha value is -3.04. The summed E-state index contributed by atoms with van der Waals surface area (Å²) in [5.74, 6) is 0.125. The zero-order chi connectivity index (χ0) is 24.7. The van der Waals surface area contributed by atoms with Crippen LogP contribution in [0.2, 0.25) is 5.02 Å². The lowest BCUT2D eigenvalue weighted by Gasteiger charge is -2.30. The van der Waals surface area contributed by atoms with Gasteiger partial charge in [0.05, 0.1) is 16.1 Å². The van der Waals surface area contributed by atoms with Gasteiger partial charge in [-0.25, -0.2) is 31.7 Å². The second kappa shape index (κ2) is 9.20. The maximum atomic E-state index is 14.7. The summed E-state index contributed by atoms with van der Waals surface area (Å²) in [6.07, 6.45) is 8.17. The molecule has 0 radical (unpaired) electrons. The van der Waals surface area contributed by atoms with Crippen LogP contribution in [0, 0.1) is 18.7 Å². The fourth-order valence-corrected chi connectivity index (χ4v) is 6.03. The molecular weight excluding hydrogens is 489 g/mol. The predicted octanol–water partition coefficient (Wildman–Crippen LogP) is 5.82. The number of benzene rings is 1. The van der Waals surface area contributed by atoms with Gasteiger partial charge in [-0.1, -0.05) is 49.1 Å². The number of nitrogens with one attached hydrogen (secondary N) is 1. The zero-order valence-electron chi connectivity index (χ0n) is 19.4. The molecule has 35 heavy (non-hydrogen) atoms. The second-order valence-electron chi connectivity index (χ2n) is 9.08. The molecule has 0 saturated heterocycles. The van der Waals surface area contributed by atoms with Crippen LogP contribution in [0.4, 0.5) is 10.2 Å². The standard InChI is InChI=1S/C25H25ClFN5O2S/c1-15-7-9-18(10-8-15)35(33,34)32-14-20(19-11-17(26)12-29-25(19)32)23-28-13-21(27)24(31-23)30-22-6-4-3-5-16(22)2/h7-14,16,22H,3-6H2,1-2H3,(H,28,30,31)/t16-,22-/m0/s1. The average molecular weight is 514 g/mol. The van der Waals surface area contributed by atoms with Gasteiger partial charge in [0.25, 0.3) is 10.0 Å². The molecule has 1 aromatic carbocycles. The molecule has 1 fully saturated rings. The van der Waals surface area contributed by atoms with Crippen molar-refractivity contribution in [1.82, 2.24) is 18.9 Å². The van der Waals surface area contributed by atoms with Crippen LogP contribution in [-0.4, -0.2) is 33.4 Å². The lowest BCUT2D eigenvalue weighted by Crippen LogP contribution is -2.31. The number of nitrogens with zero attached hydrogens (tertiary/aromatic N) is 4. The highest BCUT2D eigenvalue weighted by Gasteiger charge is 2.26. The lowest BCUT2D eigenvalue weighted by atomic mass is 9.86. The summed E-state index contributed by atoms with van der Waals surface area (Å²) in [5.41, 5.74) is 1.53. The molecule has 3 aromatic heterocycles. The fourth-order valence-electron chi connectivity index (χ4n) is 4.54. The van der Waals surface area contributed by atoms with E-state index in [2.05, 4.69) is 27.2 Å². The van der Waals surface area contributed by atoms with E-state index in [-0.39, 0.29) is 28.2 Å². The number of hydrogen-bond donors (Lipinski definition) is 1. The van der Waals surface area contributed by atoms with Crippen molar-refractivity contribution in [2.75, 3.05) is 5.32 Å². The first-order chi connectivity index (χ1) is 16.7. The van der Waals surface area contributed by atoms with Crippen molar-refractivity contribution in [2.45, 2.75) is 50.5 Å². The average Bonchev–Trinajstić information content (AvgIpc) is 3.21. The first kappa shape index (κ1) is 23.7. The van der Waals surface area contributed by atoms with E-state index in [1.165, 1.54) is 18.8 Å². The summed E-state index contributed by atoms with van der Waals surface area (Å²) in [4.78, 5) is 13.0. The molecule has 5 rings (SSSR count). The number of fused-ring (bicyclic) bond motifs is 1. The third-order valence-electron chi connectivity index (χ3n) is 6.57. The van der Waals surface area contributed by atoms with Crippen molar-refractivity contribution < 1.29 is 12.8 Å². The highest BCUT2D eigenvalue weighted by atomic mass is 35.5. The largest absolute Gasteiger partial charge is 0.365 e. The van der Waals surface area contributed by atoms with E-state index in [1.807, 2.05) is 6.92 Å². The van der Waals surface area contributed by atoms with Gasteiger partial charge in [-0.05, 0) is 43.9 Å². The Morgan fingerprint density at radius 3 is 2.60 bits per heavy atom. The third kappa shape index (κ3) is 4.50. The van der Waals surface area contributed by atoms with Gasteiger partial charge >= 0.3 is 0 Å². The van der Waals surface area contributed by atoms with Gasteiger partial charge in [0.2, 0.25) is 0 Å². The number of rotatable bonds is 5. The predicted molar refractivity (Wildman–Crippen MR) is 135 cm³/mol. The highest BCUT2D eigenvalue weighted by molar-refractivity contribution is 7.90. The van der Waals surface area contributed by atoms with E-state index in [9.17, 15) is 12.8 Å². The SMILES string of the molecule is Cc1ccc(S(=O)(=O)n2cc(-c3ncc(F)c(N[C@H]4CCCC[C@@H]4C)n3)c3cc(Cl)cnc32)cc1. The van der Waals surface area contributed by atoms with Crippen LogP contribution in [0.25, 0.3) is 22.4 Å². The monoisotopic (exact) mass is 513 g/mol. The topological polar surface area (TPSA) is 89.8 Å². The molecule has 0 bridgehead atoms. The maximum absolute atomic E-state index is 14.7. The summed E-state index contributed by atoms with van der Waals surface area (Å²) >= 11 is 6.20. The van der Waals surface area contributed by atoms with Gasteiger partial charge < -0.3 is 5.32 Å². The van der Waals surface area contributed by atoms with Crippen molar-refractivity contribution in [2.24, 2.45) is 5.92 Å². The van der Waals surface area contributed by atoms with Gasteiger partial charge in [0.15, 0.2) is 23.1 Å². The number of hydrogen-bond acceptors (Lipinski definition) is 6. The molecule has 1 aliphatic rings. The van der Waals surface area contributed by atoms with Crippen molar-refractivity contribution in [1.29, 1.82) is 0 Å². The molecule has 2 atom stereocenters. The Balaban J connectivity index is 1.62. The molecule has 1 saturated carbocycles. The molecule has 1 aliphatic carbocycles. The Morgan fingerprint density at radius 1 is 1.11 bits per heavy atom. The van der Waals surface area contributed by atoms with E-state index in [0.717, 1.165) is 35.0 Å². The zero-order valence-corrected chi connectivity index (χ0v) is 20.9. The maximum Gasteiger partial charge on any atom is 0.269 e. The molecular formula is C25H25ClFN5O2S. The van der Waals surface area contributed by atoms with Crippen LogP contribution in [-0.2, 0) is 10.0 Å². The number of pyridine rings is 1. The third-order valence-corrected chi connectivity index (χ3v) is 8.45. The molecule has 7 nitrogen and oxygen atoms in total. The van der Waals surface area contributed by atoms with Gasteiger partial charge in [-0.2, -0.15) is 0 Å². The van der Waals surface area contributed by atoms with Crippen LogP contribution < -0.4 is 5.32 Å². The number of aryl methyl sites for hydroxylation is 1. The van der Waals surface area contributed by atoms with Crippen LogP contribution in [0.1, 0.15) is 38.2 Å². The fraction of sp³-hybridized carbons (Fsp3) is 0.320. The summed E-state index contributed by atoms with van der Waals surface area (Å²) in [6, 6.07) is 8.29. The molecule has 3 heterocycles. The molecule has 0 aliphatic heterocycles. The first-order valence-corrected chi connectivity index (χ1v) is 13.3. The van der Waals surface area contributed by atoms with Crippen molar-refractivity contribution in [3.8, 4) is 11.4 Å². The van der Waals surface area contributed by atoms with E-state index in [1.54, 1.807) is 30.3 Å². The van der Waals surface area contributed by atoms with Gasteiger partial charge in [0, 0.05) is 29.4 Å². The highest BCUT2D eigenvalue weighted by Crippen LogP contribution is 2.33. The van der Waals surface area contributed by atoms with Crippen LogP contribution in [0.5, 0.6) is 0 Å². The van der Waals surface area contributed by atoms with E-state index in [4.69, 9.17) is 11.6 Å². The molecule has 0 amide bonds. The van der Waals surface area contributed by atoms with Crippen LogP contribution >= 0.6 is 11.6 Å². The summed E-state index contributed by atoms with van der Waals surface area (Å²) < 4.78 is 42.7. The Labute approximate surface area is 208 Å². The van der Waals surface area contributed by atoms with Crippen molar-refractivity contribution >= 4 is 38.5 Å². The molecule has 0 unspecified atom stereocenters. The van der Waals surface area contributed by atoms with E-state index < -0.39 is 15.8 Å². The molecule has 10 heteroatoms. The normalized spacial score (nSPS) is 18.6. The second-order valence-corrected chi connectivity index (χ2v) is 11.3. The minimum Gasteiger partial charge on any atom is -0.365 e. The first-order valence-electron chi connectivity index (χ1n) is 11.5. The molecule has 0 spiro atoms. The lowest BCUT2D eigenvalue weighted by molar-refractivity contribution is 0.348. The van der Waals surface area contributed by atoms with Crippen LogP contribution in [0.3, 0.4) is 0 Å². The van der Waals surface area contributed by atoms with Gasteiger partial charge in [0.1, 0.15) is 0 Å². The minimum atomic E-state index is -3.96. The van der Waals surface area contributed by atoms with E-state index in [0.29, 0.717) is 21.9 Å². The van der Waals surface area contributed by atoms with Crippen LogP contribution in [0.15, 0.2) is 53.8 Å². The minimum absolute atomic E-state index is 0.103. The van der Waals surface area contributed by atoms with Crippen molar-refractivity contribution in [3.63, 3.8) is 0 Å². The molecule has 182 valence electrons. The number of halogens is 2. The van der Waals surface area contributed by atoms with Gasteiger partial charge in [-0.15, -0.1) is 0 Å². The molecule has 1 N–H and O–H groups in total. The Kier molecular flexibility index (Phi) is 6.23. The Bertz CT molecular complexity index is 1500. The van der Waals surface area contributed by atoms with Gasteiger partial charge in [-0.3, -0.25) is 0 Å². The summed E-state index contributed by atoms with van der Waals surface area (Å²) in [7, 11) is -3.96. The summed E-state index contributed by atoms with van der Waals surface area (Å²) in [5, 5.41) is 4.03. The number of anilines is 1. The summed E-state index contributed by atoms with van der Waals surface area (Å²) in [6.45, 7) is 4.03. The number of aromatic nitrogens is 4. The smallest absolute Gasteiger partial charge is 0.269 e. The quantitative estimate of drug-likeness (QED) is 0.361. The molecule has 4 aromatic rings. The van der Waals surface area contributed by atoms with Crippen molar-refractivity contribution in [3.05, 3.63) is 65.3 Å².